The summed E-state index contributed by atoms with van der Waals surface area (Å²) < 4.78 is 74.2. The van der Waals surface area contributed by atoms with E-state index < -0.39 is 28.8 Å². The van der Waals surface area contributed by atoms with E-state index in [0.717, 1.165) is 44.1 Å². The minimum Gasteiger partial charge on any atom is -0.207 e. The van der Waals surface area contributed by atoms with Crippen LogP contribution >= 0.6 is 0 Å². The smallest absolute Gasteiger partial charge is 0.144 e. The summed E-state index contributed by atoms with van der Waals surface area (Å²) in [6, 6.07) is 11.0. The van der Waals surface area contributed by atoms with E-state index in [4.69, 9.17) is 5.26 Å². The first-order chi connectivity index (χ1) is 20.3. The van der Waals surface area contributed by atoms with Crippen molar-refractivity contribution in [1.82, 2.24) is 0 Å². The SMILES string of the molecule is CCCCCc1ccc(CCC2CCc3c(cc(F)c(C4CCC(c5cc(F)c(C#N)c(F)c5)CC4)c3F)C2)c(F)c1. The molecular formula is C36H38F5N. The predicted octanol–water partition coefficient (Wildman–Crippen LogP) is 10.2. The maximum atomic E-state index is 15.8. The normalized spacial score (nSPS) is 20.3. The maximum absolute atomic E-state index is 15.8. The lowest BCUT2D eigenvalue weighted by atomic mass is 9.74. The van der Waals surface area contributed by atoms with Crippen LogP contribution in [0.5, 0.6) is 0 Å². The molecule has 2 aliphatic carbocycles. The Morgan fingerprint density at radius 2 is 1.50 bits per heavy atom. The molecule has 0 aromatic heterocycles. The van der Waals surface area contributed by atoms with Crippen molar-refractivity contribution in [2.75, 3.05) is 0 Å². The Morgan fingerprint density at radius 3 is 2.17 bits per heavy atom. The molecule has 3 aromatic carbocycles. The van der Waals surface area contributed by atoms with E-state index in [1.165, 1.54) is 24.3 Å². The lowest BCUT2D eigenvalue weighted by Gasteiger charge is -2.32. The van der Waals surface area contributed by atoms with E-state index in [1.807, 2.05) is 12.1 Å². The summed E-state index contributed by atoms with van der Waals surface area (Å²) in [5, 5.41) is 8.92. The number of fused-ring (bicyclic) bond motifs is 1. The van der Waals surface area contributed by atoms with Gasteiger partial charge in [-0.3, -0.25) is 0 Å². The molecule has 6 heteroatoms. The number of unbranched alkanes of at least 4 members (excludes halogenated alkanes) is 2. The third-order valence-corrected chi connectivity index (χ3v) is 9.55. The van der Waals surface area contributed by atoms with Gasteiger partial charge in [-0.25, -0.2) is 22.0 Å². The van der Waals surface area contributed by atoms with E-state index in [9.17, 15) is 13.2 Å². The van der Waals surface area contributed by atoms with Crippen molar-refractivity contribution in [2.24, 2.45) is 5.92 Å². The van der Waals surface area contributed by atoms with E-state index in [2.05, 4.69) is 6.92 Å². The molecule has 0 N–H and O–H groups in total. The summed E-state index contributed by atoms with van der Waals surface area (Å²) in [7, 11) is 0. The highest BCUT2D eigenvalue weighted by molar-refractivity contribution is 5.40. The summed E-state index contributed by atoms with van der Waals surface area (Å²) in [5.74, 6) is -3.03. The summed E-state index contributed by atoms with van der Waals surface area (Å²) in [5.41, 5.74) is 3.09. The molecule has 0 bridgehead atoms. The molecule has 0 amide bonds. The number of rotatable bonds is 9. The van der Waals surface area contributed by atoms with Gasteiger partial charge < -0.3 is 0 Å². The molecule has 1 saturated carbocycles. The van der Waals surface area contributed by atoms with Crippen LogP contribution in [0.4, 0.5) is 22.0 Å². The van der Waals surface area contributed by atoms with E-state index in [1.54, 1.807) is 6.07 Å². The first kappa shape index (κ1) is 30.3. The van der Waals surface area contributed by atoms with Gasteiger partial charge in [0.15, 0.2) is 0 Å². The fourth-order valence-electron chi connectivity index (χ4n) is 7.10. The van der Waals surface area contributed by atoms with Crippen LogP contribution in [0.2, 0.25) is 0 Å². The quantitative estimate of drug-likeness (QED) is 0.183. The first-order valence-corrected chi connectivity index (χ1v) is 15.4. The average molecular weight is 580 g/mol. The van der Waals surface area contributed by atoms with Crippen molar-refractivity contribution < 1.29 is 22.0 Å². The van der Waals surface area contributed by atoms with Crippen molar-refractivity contribution in [3.05, 3.63) is 104 Å². The van der Waals surface area contributed by atoms with Gasteiger partial charge >= 0.3 is 0 Å². The Kier molecular flexibility index (Phi) is 9.66. The molecule has 1 atom stereocenters. The summed E-state index contributed by atoms with van der Waals surface area (Å²) >= 11 is 0. The van der Waals surface area contributed by atoms with Gasteiger partial charge in [-0.1, -0.05) is 31.9 Å². The number of nitriles is 1. The fourth-order valence-corrected chi connectivity index (χ4v) is 7.10. The molecule has 222 valence electrons. The number of hydrogen-bond donors (Lipinski definition) is 0. The molecule has 0 aliphatic heterocycles. The molecule has 1 nitrogen and oxygen atoms in total. The number of aryl methyl sites for hydroxylation is 2. The second-order valence-electron chi connectivity index (χ2n) is 12.3. The molecule has 0 radical (unpaired) electrons. The van der Waals surface area contributed by atoms with Crippen LogP contribution in [-0.4, -0.2) is 0 Å². The van der Waals surface area contributed by atoms with Crippen molar-refractivity contribution in [1.29, 1.82) is 5.26 Å². The van der Waals surface area contributed by atoms with Crippen molar-refractivity contribution >= 4 is 0 Å². The molecule has 1 fully saturated rings. The lowest BCUT2D eigenvalue weighted by Crippen LogP contribution is -2.21. The zero-order chi connectivity index (χ0) is 29.8. The second-order valence-corrected chi connectivity index (χ2v) is 12.3. The minimum absolute atomic E-state index is 0.121. The van der Waals surface area contributed by atoms with Crippen molar-refractivity contribution in [3.8, 4) is 6.07 Å². The predicted molar refractivity (Wildman–Crippen MR) is 155 cm³/mol. The molecule has 1 unspecified atom stereocenters. The zero-order valence-corrected chi connectivity index (χ0v) is 24.2. The molecule has 5 rings (SSSR count). The maximum Gasteiger partial charge on any atom is 0.144 e. The number of benzene rings is 3. The Bertz CT molecular complexity index is 1440. The highest BCUT2D eigenvalue weighted by atomic mass is 19.1. The Labute approximate surface area is 245 Å². The van der Waals surface area contributed by atoms with Gasteiger partial charge in [0.25, 0.3) is 0 Å². The van der Waals surface area contributed by atoms with E-state index in [-0.39, 0.29) is 29.1 Å². The van der Waals surface area contributed by atoms with Crippen LogP contribution in [0.1, 0.15) is 115 Å². The number of halogens is 5. The molecule has 0 spiro atoms. The van der Waals surface area contributed by atoms with Crippen LogP contribution < -0.4 is 0 Å². The largest absolute Gasteiger partial charge is 0.207 e. The minimum atomic E-state index is -0.874. The fraction of sp³-hybridized carbons (Fsp3) is 0.472. The van der Waals surface area contributed by atoms with Crippen LogP contribution in [0.3, 0.4) is 0 Å². The van der Waals surface area contributed by atoms with Crippen LogP contribution in [-0.2, 0) is 25.7 Å². The van der Waals surface area contributed by atoms with Crippen molar-refractivity contribution in [2.45, 2.75) is 102 Å². The third kappa shape index (κ3) is 6.56. The van der Waals surface area contributed by atoms with E-state index in [0.29, 0.717) is 67.2 Å². The molecule has 0 saturated heterocycles. The van der Waals surface area contributed by atoms with Gasteiger partial charge in [0.1, 0.15) is 40.7 Å². The molecule has 42 heavy (non-hydrogen) atoms. The topological polar surface area (TPSA) is 23.8 Å². The summed E-state index contributed by atoms with van der Waals surface area (Å²) in [6.07, 6.45) is 9.68. The average Bonchev–Trinajstić information content (AvgIpc) is 2.97. The molecule has 3 aromatic rings. The highest BCUT2D eigenvalue weighted by Crippen LogP contribution is 2.44. The lowest BCUT2D eigenvalue weighted by molar-refractivity contribution is 0.368. The summed E-state index contributed by atoms with van der Waals surface area (Å²) in [6.45, 7) is 2.15. The van der Waals surface area contributed by atoms with Crippen LogP contribution in [0, 0.1) is 46.3 Å². The molecular weight excluding hydrogens is 541 g/mol. The Balaban J connectivity index is 1.21. The highest BCUT2D eigenvalue weighted by Gasteiger charge is 2.32. The van der Waals surface area contributed by atoms with E-state index >= 15 is 8.78 Å². The van der Waals surface area contributed by atoms with Crippen molar-refractivity contribution in [3.63, 3.8) is 0 Å². The van der Waals surface area contributed by atoms with Crippen LogP contribution in [0.15, 0.2) is 36.4 Å². The Morgan fingerprint density at radius 1 is 0.786 bits per heavy atom. The summed E-state index contributed by atoms with van der Waals surface area (Å²) in [4.78, 5) is 0. The van der Waals surface area contributed by atoms with Crippen LogP contribution in [0.25, 0.3) is 0 Å². The monoisotopic (exact) mass is 579 g/mol. The van der Waals surface area contributed by atoms with Gasteiger partial charge in [-0.15, -0.1) is 0 Å². The Hall–Kier alpha value is -3.20. The van der Waals surface area contributed by atoms with Gasteiger partial charge in [-0.05, 0) is 140 Å². The first-order valence-electron chi connectivity index (χ1n) is 15.4. The third-order valence-electron chi connectivity index (χ3n) is 9.55. The number of nitrogens with zero attached hydrogens (tertiary/aromatic N) is 1. The number of hydrogen-bond acceptors (Lipinski definition) is 1. The van der Waals surface area contributed by atoms with Gasteiger partial charge in [0.2, 0.25) is 0 Å². The van der Waals surface area contributed by atoms with Gasteiger partial charge in [0, 0.05) is 5.56 Å². The standard InChI is InChI=1S/C36H38F5N/c1-2-3-4-5-22-6-9-25(31(37)17-22)10-7-23-8-15-29-28(16-23)20-34(40)35(36(29)41)26-13-11-24(12-14-26)27-18-32(38)30(21-42)33(39)19-27/h6,9,17-20,23-24,26H,2-5,7-8,10-16H2,1H3. The van der Waals surface area contributed by atoms with Gasteiger partial charge in [-0.2, -0.15) is 5.26 Å². The molecule has 2 aliphatic rings. The zero-order valence-electron chi connectivity index (χ0n) is 24.2. The van der Waals surface area contributed by atoms with Gasteiger partial charge in [0.05, 0.1) is 0 Å². The second kappa shape index (κ2) is 13.4. The molecule has 0 heterocycles.